The molecule has 3 atom stereocenters. The first-order valence-electron chi connectivity index (χ1n) is 5.69. The molecule has 1 fully saturated rings. The number of hydrogen-bond acceptors (Lipinski definition) is 3. The van der Waals surface area contributed by atoms with Crippen LogP contribution in [0.3, 0.4) is 0 Å². The molecule has 1 saturated carbocycles. The van der Waals surface area contributed by atoms with Gasteiger partial charge in [0.25, 0.3) is 0 Å². The summed E-state index contributed by atoms with van der Waals surface area (Å²) in [6, 6.07) is 0. The molecule has 0 spiro atoms. The number of aliphatic hydroxyl groups is 1. The van der Waals surface area contributed by atoms with Crippen molar-refractivity contribution >= 4 is 5.97 Å². The van der Waals surface area contributed by atoms with Gasteiger partial charge in [0.05, 0.1) is 18.8 Å². The summed E-state index contributed by atoms with van der Waals surface area (Å²) in [7, 11) is 1.30. The van der Waals surface area contributed by atoms with E-state index in [-0.39, 0.29) is 17.4 Å². The van der Waals surface area contributed by atoms with Crippen molar-refractivity contribution in [3.8, 4) is 0 Å². The van der Waals surface area contributed by atoms with Crippen LogP contribution in [0.2, 0.25) is 0 Å². The molecule has 0 bridgehead atoms. The maximum atomic E-state index is 11.3. The number of ether oxygens (including phenoxy) is 1. The van der Waals surface area contributed by atoms with E-state index in [2.05, 4.69) is 17.9 Å². The fourth-order valence-corrected chi connectivity index (χ4v) is 2.38. The van der Waals surface area contributed by atoms with Crippen molar-refractivity contribution in [1.29, 1.82) is 0 Å². The molecule has 1 N–H and O–H groups in total. The normalized spacial score (nSPS) is 26.9. The minimum atomic E-state index is -0.809. The van der Waals surface area contributed by atoms with Crippen LogP contribution < -0.4 is 0 Å². The molecule has 1 aliphatic carbocycles. The SMILES string of the molecule is C=C[C@@H]1CCCC[C@@H]1C(O)C(=C)C(=O)OC. The molecule has 16 heavy (non-hydrogen) atoms. The van der Waals surface area contributed by atoms with E-state index in [0.29, 0.717) is 0 Å². The monoisotopic (exact) mass is 224 g/mol. The Morgan fingerprint density at radius 3 is 2.69 bits per heavy atom. The summed E-state index contributed by atoms with van der Waals surface area (Å²) < 4.78 is 4.57. The molecule has 0 aromatic heterocycles. The summed E-state index contributed by atoms with van der Waals surface area (Å²) in [5.74, 6) is -0.205. The Balaban J connectivity index is 2.70. The number of hydrogen-bond donors (Lipinski definition) is 1. The first-order chi connectivity index (χ1) is 7.61. The number of allylic oxidation sites excluding steroid dienone is 1. The quantitative estimate of drug-likeness (QED) is 0.452. The summed E-state index contributed by atoms with van der Waals surface area (Å²) in [6.07, 6.45) is 5.24. The number of carbonyl (C=O) groups excluding carboxylic acids is 1. The van der Waals surface area contributed by atoms with E-state index in [9.17, 15) is 9.90 Å². The molecule has 1 aliphatic rings. The summed E-state index contributed by atoms with van der Waals surface area (Å²) in [5, 5.41) is 10.1. The molecule has 1 unspecified atom stereocenters. The van der Waals surface area contributed by atoms with Crippen LogP contribution in [0.5, 0.6) is 0 Å². The first-order valence-corrected chi connectivity index (χ1v) is 5.69. The van der Waals surface area contributed by atoms with Crippen molar-refractivity contribution in [2.45, 2.75) is 31.8 Å². The van der Waals surface area contributed by atoms with Gasteiger partial charge in [-0.25, -0.2) is 4.79 Å². The van der Waals surface area contributed by atoms with E-state index in [4.69, 9.17) is 0 Å². The van der Waals surface area contributed by atoms with Gasteiger partial charge in [-0.15, -0.1) is 6.58 Å². The van der Waals surface area contributed by atoms with Crippen LogP contribution in [-0.2, 0) is 9.53 Å². The lowest BCUT2D eigenvalue weighted by Gasteiger charge is -2.33. The standard InChI is InChI=1S/C13H20O3/c1-4-10-7-5-6-8-11(10)12(14)9(2)13(15)16-3/h4,10-12,14H,1-2,5-8H2,3H3/t10-,11+,12?/m1/s1. The minimum absolute atomic E-state index is 0.0536. The van der Waals surface area contributed by atoms with Crippen LogP contribution in [0, 0.1) is 11.8 Å². The molecule has 0 amide bonds. The molecule has 3 heteroatoms. The van der Waals surface area contributed by atoms with Gasteiger partial charge >= 0.3 is 5.97 Å². The maximum Gasteiger partial charge on any atom is 0.335 e. The predicted molar refractivity (Wildman–Crippen MR) is 62.8 cm³/mol. The number of methoxy groups -OCH3 is 1. The number of carbonyl (C=O) groups is 1. The van der Waals surface area contributed by atoms with Crippen molar-refractivity contribution in [3.63, 3.8) is 0 Å². The van der Waals surface area contributed by atoms with Crippen LogP contribution in [0.1, 0.15) is 25.7 Å². The topological polar surface area (TPSA) is 46.5 Å². The second kappa shape index (κ2) is 5.85. The zero-order valence-electron chi connectivity index (χ0n) is 9.82. The highest BCUT2D eigenvalue weighted by atomic mass is 16.5. The van der Waals surface area contributed by atoms with E-state index < -0.39 is 12.1 Å². The summed E-state index contributed by atoms with van der Waals surface area (Å²) >= 11 is 0. The Bertz CT molecular complexity index is 283. The Labute approximate surface area is 96.8 Å². The van der Waals surface area contributed by atoms with Crippen molar-refractivity contribution < 1.29 is 14.6 Å². The maximum absolute atomic E-state index is 11.3. The lowest BCUT2D eigenvalue weighted by molar-refractivity contribution is -0.137. The third-order valence-electron chi connectivity index (χ3n) is 3.39. The van der Waals surface area contributed by atoms with Crippen LogP contribution in [0.4, 0.5) is 0 Å². The van der Waals surface area contributed by atoms with E-state index in [1.54, 1.807) is 0 Å². The van der Waals surface area contributed by atoms with E-state index >= 15 is 0 Å². The largest absolute Gasteiger partial charge is 0.466 e. The van der Waals surface area contributed by atoms with Gasteiger partial charge in [0.15, 0.2) is 0 Å². The van der Waals surface area contributed by atoms with Gasteiger partial charge in [0, 0.05) is 0 Å². The van der Waals surface area contributed by atoms with Gasteiger partial charge in [-0.3, -0.25) is 0 Å². The van der Waals surface area contributed by atoms with Crippen LogP contribution in [0.25, 0.3) is 0 Å². The second-order valence-corrected chi connectivity index (χ2v) is 4.31. The highest BCUT2D eigenvalue weighted by Crippen LogP contribution is 2.35. The Morgan fingerprint density at radius 1 is 1.50 bits per heavy atom. The predicted octanol–water partition coefficient (Wildman–Crippen LogP) is 2.07. The molecule has 90 valence electrons. The van der Waals surface area contributed by atoms with Crippen molar-refractivity contribution in [3.05, 3.63) is 24.8 Å². The minimum Gasteiger partial charge on any atom is -0.466 e. The summed E-state index contributed by atoms with van der Waals surface area (Å²) in [6.45, 7) is 7.39. The van der Waals surface area contributed by atoms with E-state index in [0.717, 1.165) is 25.7 Å². The molecule has 0 aromatic rings. The molecule has 0 aromatic carbocycles. The van der Waals surface area contributed by atoms with Gasteiger partial charge in [-0.1, -0.05) is 25.5 Å². The van der Waals surface area contributed by atoms with Gasteiger partial charge in [-0.05, 0) is 24.7 Å². The molecule has 0 radical (unpaired) electrons. The van der Waals surface area contributed by atoms with Crippen LogP contribution in [0.15, 0.2) is 24.8 Å². The van der Waals surface area contributed by atoms with Gasteiger partial charge in [-0.2, -0.15) is 0 Å². The summed E-state index contributed by atoms with van der Waals surface area (Å²) in [4.78, 5) is 11.3. The Hall–Kier alpha value is -1.09. The number of aliphatic hydroxyl groups excluding tert-OH is 1. The molecule has 0 aliphatic heterocycles. The molecule has 1 rings (SSSR count). The van der Waals surface area contributed by atoms with Gasteiger partial charge < -0.3 is 9.84 Å². The average molecular weight is 224 g/mol. The second-order valence-electron chi connectivity index (χ2n) is 4.31. The molecule has 3 nitrogen and oxygen atoms in total. The molecular formula is C13H20O3. The number of esters is 1. The first kappa shape index (κ1) is 13.0. The lowest BCUT2D eigenvalue weighted by atomic mass is 9.75. The molecule has 0 heterocycles. The van der Waals surface area contributed by atoms with E-state index in [1.807, 2.05) is 6.08 Å². The highest BCUT2D eigenvalue weighted by Gasteiger charge is 2.32. The van der Waals surface area contributed by atoms with Crippen molar-refractivity contribution in [2.75, 3.05) is 7.11 Å². The average Bonchev–Trinajstić information content (AvgIpc) is 2.35. The van der Waals surface area contributed by atoms with Crippen molar-refractivity contribution in [1.82, 2.24) is 0 Å². The highest BCUT2D eigenvalue weighted by molar-refractivity contribution is 5.88. The fourth-order valence-electron chi connectivity index (χ4n) is 2.38. The fraction of sp³-hybridized carbons (Fsp3) is 0.615. The third-order valence-corrected chi connectivity index (χ3v) is 3.39. The summed E-state index contributed by atoms with van der Waals surface area (Å²) in [5.41, 5.74) is 0.154. The van der Waals surface area contributed by atoms with E-state index in [1.165, 1.54) is 7.11 Å². The van der Waals surface area contributed by atoms with Crippen molar-refractivity contribution in [2.24, 2.45) is 11.8 Å². The lowest BCUT2D eigenvalue weighted by Crippen LogP contribution is -2.33. The third kappa shape index (κ3) is 2.73. The Morgan fingerprint density at radius 2 is 2.12 bits per heavy atom. The molecular weight excluding hydrogens is 204 g/mol. The van der Waals surface area contributed by atoms with Gasteiger partial charge in [0.1, 0.15) is 0 Å². The zero-order valence-corrected chi connectivity index (χ0v) is 9.82. The van der Waals surface area contributed by atoms with Crippen LogP contribution in [-0.4, -0.2) is 24.3 Å². The zero-order chi connectivity index (χ0) is 12.1. The van der Waals surface area contributed by atoms with Crippen LogP contribution >= 0.6 is 0 Å². The van der Waals surface area contributed by atoms with Gasteiger partial charge in [0.2, 0.25) is 0 Å². The number of rotatable bonds is 4. The smallest absolute Gasteiger partial charge is 0.335 e. The molecule has 0 saturated heterocycles. The Kier molecular flexibility index (Phi) is 4.74.